The fourth-order valence-corrected chi connectivity index (χ4v) is 1.67. The van der Waals surface area contributed by atoms with Crippen LogP contribution in [0.15, 0.2) is 18.2 Å². The molecule has 0 amide bonds. The van der Waals surface area contributed by atoms with Gasteiger partial charge >= 0.3 is 5.97 Å². The molecule has 0 saturated carbocycles. The number of nitrogens with zero attached hydrogens (tertiary/aromatic N) is 1. The van der Waals surface area contributed by atoms with Crippen LogP contribution in [-0.2, 0) is 11.2 Å². The van der Waals surface area contributed by atoms with Crippen LogP contribution in [0.1, 0.15) is 19.0 Å². The lowest BCUT2D eigenvalue weighted by Crippen LogP contribution is -2.40. The van der Waals surface area contributed by atoms with Gasteiger partial charge in [0, 0.05) is 24.7 Å². The SMILES string of the molecule is CCC(CN)(Cc1cccc(OC)n1)C(=O)O. The molecule has 0 aliphatic carbocycles. The van der Waals surface area contributed by atoms with E-state index in [1.54, 1.807) is 18.2 Å². The minimum Gasteiger partial charge on any atom is -0.481 e. The molecular weight excluding hydrogens is 220 g/mol. The number of aromatic nitrogens is 1. The molecule has 0 bridgehead atoms. The highest BCUT2D eigenvalue weighted by Crippen LogP contribution is 2.26. The minimum atomic E-state index is -0.945. The van der Waals surface area contributed by atoms with Crippen LogP contribution in [0.25, 0.3) is 0 Å². The maximum atomic E-state index is 11.3. The first-order valence-electron chi connectivity index (χ1n) is 5.51. The molecule has 1 aromatic heterocycles. The highest BCUT2D eigenvalue weighted by Gasteiger charge is 2.35. The summed E-state index contributed by atoms with van der Waals surface area (Å²) >= 11 is 0. The van der Waals surface area contributed by atoms with E-state index in [0.29, 0.717) is 24.4 Å². The van der Waals surface area contributed by atoms with Gasteiger partial charge in [0.1, 0.15) is 0 Å². The van der Waals surface area contributed by atoms with E-state index in [0.717, 1.165) is 0 Å². The summed E-state index contributed by atoms with van der Waals surface area (Å²) in [5.74, 6) is -0.401. The van der Waals surface area contributed by atoms with Crippen LogP contribution in [0.5, 0.6) is 5.88 Å². The van der Waals surface area contributed by atoms with E-state index in [2.05, 4.69) is 4.98 Å². The van der Waals surface area contributed by atoms with E-state index in [9.17, 15) is 9.90 Å². The molecule has 1 unspecified atom stereocenters. The van der Waals surface area contributed by atoms with Crippen molar-refractivity contribution in [1.82, 2.24) is 4.98 Å². The van der Waals surface area contributed by atoms with Crippen molar-refractivity contribution < 1.29 is 14.6 Å². The Hall–Kier alpha value is -1.62. The largest absolute Gasteiger partial charge is 0.481 e. The van der Waals surface area contributed by atoms with Crippen molar-refractivity contribution in [2.75, 3.05) is 13.7 Å². The van der Waals surface area contributed by atoms with E-state index in [-0.39, 0.29) is 6.54 Å². The minimum absolute atomic E-state index is 0.0950. The number of pyridine rings is 1. The smallest absolute Gasteiger partial charge is 0.311 e. The Kier molecular flexibility index (Phi) is 4.45. The summed E-state index contributed by atoms with van der Waals surface area (Å²) in [6, 6.07) is 5.30. The molecule has 5 nitrogen and oxygen atoms in total. The lowest BCUT2D eigenvalue weighted by Gasteiger charge is -2.25. The van der Waals surface area contributed by atoms with Crippen LogP contribution >= 0.6 is 0 Å². The number of carboxylic acid groups (broad SMARTS) is 1. The molecule has 17 heavy (non-hydrogen) atoms. The van der Waals surface area contributed by atoms with Crippen LogP contribution in [0.2, 0.25) is 0 Å². The maximum absolute atomic E-state index is 11.3. The van der Waals surface area contributed by atoms with Gasteiger partial charge in [-0.25, -0.2) is 4.98 Å². The van der Waals surface area contributed by atoms with Crippen LogP contribution in [0.4, 0.5) is 0 Å². The molecule has 5 heteroatoms. The monoisotopic (exact) mass is 238 g/mol. The Morgan fingerprint density at radius 2 is 2.29 bits per heavy atom. The molecule has 0 aromatic carbocycles. The number of rotatable bonds is 6. The predicted octanol–water partition coefficient (Wildman–Crippen LogP) is 1.07. The normalized spacial score (nSPS) is 14.1. The van der Waals surface area contributed by atoms with Crippen LogP contribution in [0, 0.1) is 5.41 Å². The molecule has 1 rings (SSSR count). The van der Waals surface area contributed by atoms with Gasteiger partial charge < -0.3 is 15.6 Å². The number of hydrogen-bond acceptors (Lipinski definition) is 4. The lowest BCUT2D eigenvalue weighted by atomic mass is 9.80. The predicted molar refractivity (Wildman–Crippen MR) is 63.9 cm³/mol. The molecule has 0 aliphatic rings. The molecule has 0 saturated heterocycles. The van der Waals surface area contributed by atoms with Gasteiger partial charge in [0.2, 0.25) is 5.88 Å². The molecule has 94 valence electrons. The zero-order chi connectivity index (χ0) is 12.9. The van der Waals surface area contributed by atoms with E-state index in [4.69, 9.17) is 10.5 Å². The summed E-state index contributed by atoms with van der Waals surface area (Å²) in [4.78, 5) is 15.5. The third-order valence-corrected chi connectivity index (χ3v) is 3.03. The van der Waals surface area contributed by atoms with Crippen molar-refractivity contribution in [1.29, 1.82) is 0 Å². The van der Waals surface area contributed by atoms with E-state index in [1.807, 2.05) is 6.92 Å². The molecule has 3 N–H and O–H groups in total. The van der Waals surface area contributed by atoms with Gasteiger partial charge in [-0.15, -0.1) is 0 Å². The standard InChI is InChI=1S/C12H18N2O3/c1-3-12(8-13,11(15)16)7-9-5-4-6-10(14-9)17-2/h4-6H,3,7-8,13H2,1-2H3,(H,15,16). The molecule has 1 heterocycles. The van der Waals surface area contributed by atoms with Gasteiger partial charge in [-0.05, 0) is 12.5 Å². The first-order chi connectivity index (χ1) is 8.07. The maximum Gasteiger partial charge on any atom is 0.311 e. The summed E-state index contributed by atoms with van der Waals surface area (Å²) < 4.78 is 5.01. The number of aliphatic carboxylic acids is 1. The summed E-state index contributed by atoms with van der Waals surface area (Å²) in [7, 11) is 1.53. The van der Waals surface area contributed by atoms with Crippen molar-refractivity contribution in [3.8, 4) is 5.88 Å². The molecule has 0 spiro atoms. The summed E-state index contributed by atoms with van der Waals surface area (Å²) in [5.41, 5.74) is 5.33. The second kappa shape index (κ2) is 5.63. The fraction of sp³-hybridized carbons (Fsp3) is 0.500. The third-order valence-electron chi connectivity index (χ3n) is 3.03. The van der Waals surface area contributed by atoms with E-state index >= 15 is 0 Å². The Morgan fingerprint density at radius 1 is 1.59 bits per heavy atom. The number of carbonyl (C=O) groups is 1. The van der Waals surface area contributed by atoms with Gasteiger partial charge in [-0.1, -0.05) is 13.0 Å². The summed E-state index contributed by atoms with van der Waals surface area (Å²) in [5, 5.41) is 9.27. The first-order valence-corrected chi connectivity index (χ1v) is 5.51. The number of nitrogens with two attached hydrogens (primary N) is 1. The highest BCUT2D eigenvalue weighted by molar-refractivity contribution is 5.75. The fourth-order valence-electron chi connectivity index (χ4n) is 1.67. The zero-order valence-corrected chi connectivity index (χ0v) is 10.1. The van der Waals surface area contributed by atoms with Gasteiger partial charge in [-0.2, -0.15) is 0 Å². The van der Waals surface area contributed by atoms with E-state index < -0.39 is 11.4 Å². The first kappa shape index (κ1) is 13.4. The van der Waals surface area contributed by atoms with Crippen molar-refractivity contribution in [3.63, 3.8) is 0 Å². The van der Waals surface area contributed by atoms with Gasteiger partial charge in [-0.3, -0.25) is 4.79 Å². The van der Waals surface area contributed by atoms with Gasteiger partial charge in [0.15, 0.2) is 0 Å². The van der Waals surface area contributed by atoms with Crippen LogP contribution < -0.4 is 10.5 Å². The number of carboxylic acids is 1. The second-order valence-corrected chi connectivity index (χ2v) is 3.99. The third kappa shape index (κ3) is 2.94. The van der Waals surface area contributed by atoms with Gasteiger partial charge in [0.05, 0.1) is 12.5 Å². The number of methoxy groups -OCH3 is 1. The Balaban J connectivity index is 2.97. The summed E-state index contributed by atoms with van der Waals surface area (Å²) in [6.45, 7) is 1.92. The zero-order valence-electron chi connectivity index (χ0n) is 10.1. The van der Waals surface area contributed by atoms with Crippen LogP contribution in [-0.4, -0.2) is 29.7 Å². The molecular formula is C12H18N2O3. The second-order valence-electron chi connectivity index (χ2n) is 3.99. The topological polar surface area (TPSA) is 85.4 Å². The molecule has 1 aromatic rings. The average molecular weight is 238 g/mol. The molecule has 0 aliphatic heterocycles. The van der Waals surface area contributed by atoms with Gasteiger partial charge in [0.25, 0.3) is 0 Å². The molecule has 0 radical (unpaired) electrons. The number of ether oxygens (including phenoxy) is 1. The van der Waals surface area contributed by atoms with Crippen molar-refractivity contribution >= 4 is 5.97 Å². The Bertz CT molecular complexity index is 389. The molecule has 1 atom stereocenters. The highest BCUT2D eigenvalue weighted by atomic mass is 16.5. The number of hydrogen-bond donors (Lipinski definition) is 2. The summed E-state index contributed by atoms with van der Waals surface area (Å²) in [6.07, 6.45) is 0.782. The van der Waals surface area contributed by atoms with Crippen molar-refractivity contribution in [2.45, 2.75) is 19.8 Å². The lowest BCUT2D eigenvalue weighted by molar-refractivity contribution is -0.148. The quantitative estimate of drug-likeness (QED) is 0.774. The van der Waals surface area contributed by atoms with Crippen LogP contribution in [0.3, 0.4) is 0 Å². The molecule has 0 fully saturated rings. The average Bonchev–Trinajstić information content (AvgIpc) is 2.36. The van der Waals surface area contributed by atoms with E-state index in [1.165, 1.54) is 7.11 Å². The Labute approximate surface area is 101 Å². The Morgan fingerprint density at radius 3 is 2.76 bits per heavy atom. The van der Waals surface area contributed by atoms with Crippen molar-refractivity contribution in [2.24, 2.45) is 11.1 Å². The van der Waals surface area contributed by atoms with Crippen molar-refractivity contribution in [3.05, 3.63) is 23.9 Å².